The molecule has 0 unspecified atom stereocenters. The van der Waals surface area contributed by atoms with Crippen LogP contribution in [0.15, 0.2) is 60.1 Å². The number of H-pyrrole nitrogens is 1. The third-order valence-electron chi connectivity index (χ3n) is 4.64. The Labute approximate surface area is 210 Å². The molecule has 0 radical (unpaired) electrons. The van der Waals surface area contributed by atoms with Crippen LogP contribution in [0.25, 0.3) is 0 Å². The van der Waals surface area contributed by atoms with Crippen molar-refractivity contribution in [3.05, 3.63) is 75.4 Å². The summed E-state index contributed by atoms with van der Waals surface area (Å²) in [5, 5.41) is 6.61. The maximum Gasteiger partial charge on any atom is 0.408 e. The minimum atomic E-state index is -0.939. The van der Waals surface area contributed by atoms with E-state index >= 15 is 0 Å². The van der Waals surface area contributed by atoms with Gasteiger partial charge in [-0.05, 0) is 45.9 Å². The number of aromatic nitrogens is 2. The van der Waals surface area contributed by atoms with Gasteiger partial charge >= 0.3 is 6.09 Å². The van der Waals surface area contributed by atoms with Crippen molar-refractivity contribution in [1.29, 1.82) is 0 Å². The number of halogens is 1. The Bertz CT molecular complexity index is 1120. The van der Waals surface area contributed by atoms with E-state index in [1.165, 1.54) is 12.5 Å². The highest BCUT2D eigenvalue weighted by Gasteiger charge is 2.22. The van der Waals surface area contributed by atoms with E-state index in [9.17, 15) is 9.59 Å². The highest BCUT2D eigenvalue weighted by Crippen LogP contribution is 2.33. The first-order chi connectivity index (χ1) is 16.5. The summed E-state index contributed by atoms with van der Waals surface area (Å²) in [5.74, 6) is 0.641. The first-order valence-electron chi connectivity index (χ1n) is 10.2. The number of imidazole rings is 1. The van der Waals surface area contributed by atoms with Crippen LogP contribution in [0.3, 0.4) is 0 Å². The number of rotatable bonds is 10. The predicted molar refractivity (Wildman–Crippen MR) is 134 cm³/mol. The second-order valence-corrected chi connectivity index (χ2v) is 8.17. The van der Waals surface area contributed by atoms with Crippen molar-refractivity contribution in [3.8, 4) is 11.5 Å². The van der Waals surface area contributed by atoms with Crippen molar-refractivity contribution in [2.24, 2.45) is 5.10 Å². The number of aromatic amines is 1. The number of hydrogen-bond donors (Lipinski definition) is 3. The van der Waals surface area contributed by atoms with E-state index in [1.807, 2.05) is 36.4 Å². The van der Waals surface area contributed by atoms with Gasteiger partial charge in [0.15, 0.2) is 11.5 Å². The Kier molecular flexibility index (Phi) is 9.26. The summed E-state index contributed by atoms with van der Waals surface area (Å²) < 4.78 is 16.7. The molecule has 3 rings (SSSR count). The molecular weight excluding hydrogens is 553 g/mol. The molecule has 3 N–H and O–H groups in total. The van der Waals surface area contributed by atoms with Gasteiger partial charge in [0, 0.05) is 18.3 Å². The van der Waals surface area contributed by atoms with E-state index in [1.54, 1.807) is 26.5 Å². The van der Waals surface area contributed by atoms with Crippen molar-refractivity contribution in [1.82, 2.24) is 20.7 Å². The Morgan fingerprint density at radius 1 is 1.21 bits per heavy atom. The summed E-state index contributed by atoms with van der Waals surface area (Å²) >= 11 is 2.12. The Morgan fingerprint density at radius 3 is 2.68 bits per heavy atom. The summed E-state index contributed by atoms with van der Waals surface area (Å²) in [7, 11) is 3.10. The predicted octanol–water partition coefficient (Wildman–Crippen LogP) is 3.02. The van der Waals surface area contributed by atoms with Gasteiger partial charge in [0.2, 0.25) is 0 Å². The smallest absolute Gasteiger partial charge is 0.408 e. The standard InChI is InChI=1S/C23H24IN5O5/c1-32-20-9-16(8-18(24)21(20)33-2)11-27-29-22(30)19(10-17-12-25-14-26-17)28-23(31)34-13-15-6-4-3-5-7-15/h3-9,11-12,14,19H,10,13H2,1-2H3,(H,25,26)(H,28,31)(H,29,30)/b27-11-/t19-/m1/s1. The zero-order valence-corrected chi connectivity index (χ0v) is 20.7. The van der Waals surface area contributed by atoms with Crippen LogP contribution >= 0.6 is 22.6 Å². The van der Waals surface area contributed by atoms with Crippen LogP contribution in [0.5, 0.6) is 11.5 Å². The highest BCUT2D eigenvalue weighted by atomic mass is 127. The Morgan fingerprint density at radius 2 is 2.00 bits per heavy atom. The number of amides is 2. The van der Waals surface area contributed by atoms with Crippen LogP contribution in [-0.2, 0) is 22.6 Å². The largest absolute Gasteiger partial charge is 0.493 e. The lowest BCUT2D eigenvalue weighted by Gasteiger charge is -2.16. The maximum atomic E-state index is 12.8. The summed E-state index contributed by atoms with van der Waals surface area (Å²) in [5.41, 5.74) is 4.66. The SMILES string of the molecule is COc1cc(/C=N\NC(=O)[C@@H](Cc2cnc[nH]2)NC(=O)OCc2ccccc2)cc(I)c1OC. The molecule has 2 amide bonds. The number of ether oxygens (including phenoxy) is 3. The first kappa shape index (κ1) is 25.0. The molecule has 3 aromatic rings. The van der Waals surface area contributed by atoms with Gasteiger partial charge in [-0.25, -0.2) is 15.2 Å². The van der Waals surface area contributed by atoms with Crippen LogP contribution in [0.4, 0.5) is 4.79 Å². The fraction of sp³-hybridized carbons (Fsp3) is 0.217. The summed E-state index contributed by atoms with van der Waals surface area (Å²) in [4.78, 5) is 32.0. The lowest BCUT2D eigenvalue weighted by atomic mass is 10.1. The second kappa shape index (κ2) is 12.6. The molecule has 0 aliphatic heterocycles. The molecule has 11 heteroatoms. The molecule has 0 saturated heterocycles. The lowest BCUT2D eigenvalue weighted by Crippen LogP contribution is -2.47. The molecule has 0 fully saturated rings. The van der Waals surface area contributed by atoms with Crippen molar-refractivity contribution >= 4 is 40.8 Å². The van der Waals surface area contributed by atoms with Gasteiger partial charge < -0.3 is 24.5 Å². The van der Waals surface area contributed by atoms with E-state index in [0.717, 1.165) is 9.13 Å². The number of methoxy groups -OCH3 is 2. The number of hydrogen-bond acceptors (Lipinski definition) is 7. The minimum Gasteiger partial charge on any atom is -0.493 e. The molecule has 1 heterocycles. The van der Waals surface area contributed by atoms with Crippen LogP contribution in [-0.4, -0.2) is 48.4 Å². The van der Waals surface area contributed by atoms with Crippen LogP contribution < -0.4 is 20.2 Å². The van der Waals surface area contributed by atoms with Gasteiger partial charge in [0.25, 0.3) is 5.91 Å². The zero-order valence-electron chi connectivity index (χ0n) is 18.6. The fourth-order valence-electron chi connectivity index (χ4n) is 2.99. The number of carbonyl (C=O) groups excluding carboxylic acids is 2. The van der Waals surface area contributed by atoms with Gasteiger partial charge in [0.1, 0.15) is 12.6 Å². The molecule has 1 atom stereocenters. The first-order valence-corrected chi connectivity index (χ1v) is 11.3. The third kappa shape index (κ3) is 7.20. The van der Waals surface area contributed by atoms with Crippen molar-refractivity contribution in [3.63, 3.8) is 0 Å². The molecule has 178 valence electrons. The summed E-state index contributed by atoms with van der Waals surface area (Å²) in [6.07, 6.45) is 4.00. The molecule has 0 aliphatic rings. The minimum absolute atomic E-state index is 0.0845. The van der Waals surface area contributed by atoms with E-state index in [4.69, 9.17) is 14.2 Å². The Balaban J connectivity index is 1.64. The molecule has 0 bridgehead atoms. The van der Waals surface area contributed by atoms with E-state index in [-0.39, 0.29) is 13.0 Å². The lowest BCUT2D eigenvalue weighted by molar-refractivity contribution is -0.123. The normalized spacial score (nSPS) is 11.6. The maximum absolute atomic E-state index is 12.8. The Hall–Kier alpha value is -3.61. The number of hydrazone groups is 1. The second-order valence-electron chi connectivity index (χ2n) is 7.01. The van der Waals surface area contributed by atoms with Crippen molar-refractivity contribution < 1.29 is 23.8 Å². The van der Waals surface area contributed by atoms with Crippen molar-refractivity contribution in [2.75, 3.05) is 14.2 Å². The highest BCUT2D eigenvalue weighted by molar-refractivity contribution is 14.1. The summed E-state index contributed by atoms with van der Waals surface area (Å²) in [6.45, 7) is 0.0845. The summed E-state index contributed by atoms with van der Waals surface area (Å²) in [6, 6.07) is 11.9. The zero-order chi connectivity index (χ0) is 24.3. The number of benzene rings is 2. The monoisotopic (exact) mass is 577 g/mol. The molecule has 34 heavy (non-hydrogen) atoms. The van der Waals surface area contributed by atoms with Gasteiger partial charge in [-0.15, -0.1) is 0 Å². The molecule has 2 aromatic carbocycles. The number of alkyl carbamates (subject to hydrolysis) is 1. The van der Waals surface area contributed by atoms with E-state index in [2.05, 4.69) is 48.4 Å². The third-order valence-corrected chi connectivity index (χ3v) is 5.45. The molecular formula is C23H24IN5O5. The quantitative estimate of drug-likeness (QED) is 0.193. The fourth-order valence-corrected chi connectivity index (χ4v) is 3.84. The topological polar surface area (TPSA) is 127 Å². The van der Waals surface area contributed by atoms with Gasteiger partial charge in [-0.1, -0.05) is 30.3 Å². The van der Waals surface area contributed by atoms with Gasteiger partial charge in [-0.3, -0.25) is 4.79 Å². The number of carbonyl (C=O) groups is 2. The van der Waals surface area contributed by atoms with Crippen LogP contribution in [0, 0.1) is 3.57 Å². The average molecular weight is 577 g/mol. The molecule has 10 nitrogen and oxygen atoms in total. The van der Waals surface area contributed by atoms with E-state index in [0.29, 0.717) is 22.8 Å². The van der Waals surface area contributed by atoms with Crippen LogP contribution in [0.1, 0.15) is 16.8 Å². The molecule has 0 saturated carbocycles. The van der Waals surface area contributed by atoms with Crippen molar-refractivity contribution in [2.45, 2.75) is 19.1 Å². The van der Waals surface area contributed by atoms with Crippen LogP contribution in [0.2, 0.25) is 0 Å². The molecule has 0 spiro atoms. The van der Waals surface area contributed by atoms with Gasteiger partial charge in [-0.2, -0.15) is 5.10 Å². The number of nitrogens with zero attached hydrogens (tertiary/aromatic N) is 2. The number of nitrogens with one attached hydrogen (secondary N) is 3. The average Bonchev–Trinajstić information content (AvgIpc) is 3.35. The van der Waals surface area contributed by atoms with E-state index < -0.39 is 18.0 Å². The van der Waals surface area contributed by atoms with Gasteiger partial charge in [0.05, 0.1) is 30.3 Å². The molecule has 1 aromatic heterocycles. The molecule has 0 aliphatic carbocycles.